The largest absolute Gasteiger partial charge is 0.364 e. The van der Waals surface area contributed by atoms with Gasteiger partial charge in [0.2, 0.25) is 0 Å². The van der Waals surface area contributed by atoms with Crippen molar-refractivity contribution < 1.29 is 0 Å². The summed E-state index contributed by atoms with van der Waals surface area (Å²) >= 11 is 0. The molecule has 0 atom stereocenters. The number of nitriles is 1. The molecule has 0 saturated heterocycles. The Morgan fingerprint density at radius 3 is 2.22 bits per heavy atom. The number of pyridine rings is 1. The van der Waals surface area contributed by atoms with Gasteiger partial charge in [-0.1, -0.05) is 20.8 Å². The Morgan fingerprint density at radius 2 is 1.78 bits per heavy atom. The molecule has 0 amide bonds. The van der Waals surface area contributed by atoms with Crippen LogP contribution in [0.1, 0.15) is 56.9 Å². The van der Waals surface area contributed by atoms with Crippen molar-refractivity contribution in [2.45, 2.75) is 59.4 Å². The second-order valence-electron chi connectivity index (χ2n) is 4.88. The van der Waals surface area contributed by atoms with E-state index in [4.69, 9.17) is 0 Å². The molecule has 0 aliphatic heterocycles. The molecular weight excluding hydrogens is 222 g/mol. The Labute approximate surface area is 110 Å². The third kappa shape index (κ3) is 2.81. The maximum atomic E-state index is 9.28. The van der Waals surface area contributed by atoms with Gasteiger partial charge in [-0.05, 0) is 44.7 Å². The molecule has 1 aromatic rings. The van der Waals surface area contributed by atoms with Crippen LogP contribution in [0.3, 0.4) is 0 Å². The number of nitrogens with one attached hydrogen (secondary N) is 1. The molecule has 0 aliphatic rings. The summed E-state index contributed by atoms with van der Waals surface area (Å²) in [7, 11) is 0. The zero-order valence-electron chi connectivity index (χ0n) is 12.1. The lowest BCUT2D eigenvalue weighted by molar-refractivity contribution is 0.419. The molecule has 0 saturated carbocycles. The summed E-state index contributed by atoms with van der Waals surface area (Å²) in [4.78, 5) is 4.50. The average Bonchev–Trinajstić information content (AvgIpc) is 2.35. The molecule has 1 N–H and O–H groups in total. The topological polar surface area (TPSA) is 48.7 Å². The summed E-state index contributed by atoms with van der Waals surface area (Å²) in [5.41, 5.74) is 2.65. The van der Waals surface area contributed by atoms with Crippen LogP contribution in [-0.2, 0) is 0 Å². The highest BCUT2D eigenvalue weighted by Crippen LogP contribution is 2.27. The van der Waals surface area contributed by atoms with Gasteiger partial charge in [0, 0.05) is 11.2 Å². The Kier molecular flexibility index (Phi) is 4.72. The number of rotatable bonds is 5. The summed E-state index contributed by atoms with van der Waals surface area (Å²) in [5, 5.41) is 12.8. The normalized spacial score (nSPS) is 11.1. The molecule has 0 aromatic carbocycles. The van der Waals surface area contributed by atoms with E-state index in [2.05, 4.69) is 37.1 Å². The molecule has 1 heterocycles. The SMILES string of the molecule is CCC(CC)(CC)Nc1nc(C)cc(C)c1C#N. The summed E-state index contributed by atoms with van der Waals surface area (Å²) in [6, 6.07) is 4.21. The van der Waals surface area contributed by atoms with E-state index in [1.807, 2.05) is 19.9 Å². The van der Waals surface area contributed by atoms with Crippen molar-refractivity contribution in [3.05, 3.63) is 22.9 Å². The Bertz CT molecular complexity index is 445. The highest BCUT2D eigenvalue weighted by atomic mass is 15.1. The zero-order chi connectivity index (χ0) is 13.8. The van der Waals surface area contributed by atoms with Crippen molar-refractivity contribution in [3.63, 3.8) is 0 Å². The standard InChI is InChI=1S/C15H23N3/c1-6-15(7-2,8-3)18-14-13(10-16)11(4)9-12(5)17-14/h9H,6-8H2,1-5H3,(H,17,18). The highest BCUT2D eigenvalue weighted by molar-refractivity contribution is 5.57. The second-order valence-corrected chi connectivity index (χ2v) is 4.88. The van der Waals surface area contributed by atoms with Crippen molar-refractivity contribution in [1.82, 2.24) is 4.98 Å². The van der Waals surface area contributed by atoms with Gasteiger partial charge in [0.05, 0.1) is 5.56 Å². The maximum Gasteiger partial charge on any atom is 0.144 e. The van der Waals surface area contributed by atoms with Gasteiger partial charge in [-0.25, -0.2) is 4.98 Å². The number of aryl methyl sites for hydroxylation is 2. The predicted molar refractivity (Wildman–Crippen MR) is 75.7 cm³/mol. The van der Waals surface area contributed by atoms with Gasteiger partial charge in [-0.15, -0.1) is 0 Å². The summed E-state index contributed by atoms with van der Waals surface area (Å²) in [6.45, 7) is 10.5. The summed E-state index contributed by atoms with van der Waals surface area (Å²) in [6.07, 6.45) is 3.08. The lowest BCUT2D eigenvalue weighted by Crippen LogP contribution is -2.37. The second kappa shape index (κ2) is 5.86. The van der Waals surface area contributed by atoms with E-state index in [1.165, 1.54) is 0 Å². The third-order valence-corrected chi connectivity index (χ3v) is 3.87. The monoisotopic (exact) mass is 245 g/mol. The molecule has 0 radical (unpaired) electrons. The van der Waals surface area contributed by atoms with E-state index < -0.39 is 0 Å². The van der Waals surface area contributed by atoms with Crippen LogP contribution in [0.5, 0.6) is 0 Å². The zero-order valence-corrected chi connectivity index (χ0v) is 12.1. The van der Waals surface area contributed by atoms with E-state index >= 15 is 0 Å². The number of nitrogens with zero attached hydrogens (tertiary/aromatic N) is 2. The van der Waals surface area contributed by atoms with Gasteiger partial charge in [-0.2, -0.15) is 5.26 Å². The minimum Gasteiger partial charge on any atom is -0.364 e. The molecule has 0 fully saturated rings. The predicted octanol–water partition coefficient (Wildman–Crippen LogP) is 3.95. The van der Waals surface area contributed by atoms with Crippen LogP contribution in [0.25, 0.3) is 0 Å². The van der Waals surface area contributed by atoms with E-state index in [-0.39, 0.29) is 5.54 Å². The third-order valence-electron chi connectivity index (χ3n) is 3.87. The van der Waals surface area contributed by atoms with Crippen LogP contribution >= 0.6 is 0 Å². The molecule has 1 aromatic heterocycles. The fraction of sp³-hybridized carbons (Fsp3) is 0.600. The quantitative estimate of drug-likeness (QED) is 0.854. The minimum atomic E-state index is 0.0405. The lowest BCUT2D eigenvalue weighted by atomic mass is 9.89. The fourth-order valence-corrected chi connectivity index (χ4v) is 2.33. The van der Waals surface area contributed by atoms with Gasteiger partial charge < -0.3 is 5.32 Å². The average molecular weight is 245 g/mol. The smallest absolute Gasteiger partial charge is 0.144 e. The molecule has 98 valence electrons. The fourth-order valence-electron chi connectivity index (χ4n) is 2.33. The first-order valence-electron chi connectivity index (χ1n) is 6.68. The maximum absolute atomic E-state index is 9.28. The molecule has 3 nitrogen and oxygen atoms in total. The van der Waals surface area contributed by atoms with Crippen LogP contribution in [0.2, 0.25) is 0 Å². The van der Waals surface area contributed by atoms with Crippen LogP contribution in [0.15, 0.2) is 6.07 Å². The minimum absolute atomic E-state index is 0.0405. The summed E-state index contributed by atoms with van der Waals surface area (Å²) in [5.74, 6) is 0.737. The lowest BCUT2D eigenvalue weighted by Gasteiger charge is -2.33. The molecular formula is C15H23N3. The molecule has 0 aliphatic carbocycles. The summed E-state index contributed by atoms with van der Waals surface area (Å²) < 4.78 is 0. The van der Waals surface area contributed by atoms with Crippen molar-refractivity contribution in [1.29, 1.82) is 5.26 Å². The molecule has 1 rings (SSSR count). The van der Waals surface area contributed by atoms with E-state index in [9.17, 15) is 5.26 Å². The Hall–Kier alpha value is -1.56. The van der Waals surface area contributed by atoms with Gasteiger partial charge in [0.1, 0.15) is 11.9 Å². The van der Waals surface area contributed by atoms with E-state index in [1.54, 1.807) is 0 Å². The van der Waals surface area contributed by atoms with Crippen LogP contribution in [0, 0.1) is 25.2 Å². The molecule has 18 heavy (non-hydrogen) atoms. The van der Waals surface area contributed by atoms with Crippen LogP contribution in [0.4, 0.5) is 5.82 Å². The molecule has 3 heteroatoms. The number of anilines is 1. The van der Waals surface area contributed by atoms with Crippen molar-refractivity contribution >= 4 is 5.82 Å². The van der Waals surface area contributed by atoms with Crippen molar-refractivity contribution in [2.75, 3.05) is 5.32 Å². The first kappa shape index (κ1) is 14.5. The molecule has 0 bridgehead atoms. The number of hydrogen-bond acceptors (Lipinski definition) is 3. The molecule has 0 unspecified atom stereocenters. The molecule has 0 spiro atoms. The first-order chi connectivity index (χ1) is 8.51. The van der Waals surface area contributed by atoms with Gasteiger partial charge in [-0.3, -0.25) is 0 Å². The van der Waals surface area contributed by atoms with Crippen LogP contribution in [-0.4, -0.2) is 10.5 Å². The number of aromatic nitrogens is 1. The number of hydrogen-bond donors (Lipinski definition) is 1. The Balaban J connectivity index is 3.22. The van der Waals surface area contributed by atoms with Crippen molar-refractivity contribution in [2.24, 2.45) is 0 Å². The van der Waals surface area contributed by atoms with Gasteiger partial charge >= 0.3 is 0 Å². The first-order valence-corrected chi connectivity index (χ1v) is 6.68. The van der Waals surface area contributed by atoms with Crippen molar-refractivity contribution in [3.8, 4) is 6.07 Å². The van der Waals surface area contributed by atoms with Gasteiger partial charge in [0.15, 0.2) is 0 Å². The Morgan fingerprint density at radius 1 is 1.22 bits per heavy atom. The van der Waals surface area contributed by atoms with Gasteiger partial charge in [0.25, 0.3) is 0 Å². The van der Waals surface area contributed by atoms with Crippen LogP contribution < -0.4 is 5.32 Å². The highest BCUT2D eigenvalue weighted by Gasteiger charge is 2.25. The van der Waals surface area contributed by atoms with E-state index in [0.29, 0.717) is 5.56 Å². The van der Waals surface area contributed by atoms with E-state index in [0.717, 1.165) is 36.3 Å².